The average molecular weight is 383 g/mol. The first-order chi connectivity index (χ1) is 14.2. The highest BCUT2D eigenvalue weighted by atomic mass is 15.3. The van der Waals surface area contributed by atoms with Crippen LogP contribution in [-0.4, -0.2) is 19.7 Å². The van der Waals surface area contributed by atoms with Gasteiger partial charge in [-0.15, -0.1) is 0 Å². The minimum Gasteiger partial charge on any atom is -0.291 e. The van der Waals surface area contributed by atoms with Crippen molar-refractivity contribution in [2.24, 2.45) is 0 Å². The Bertz CT molecular complexity index is 1010. The Balaban J connectivity index is 1.58. The second kappa shape index (κ2) is 8.84. The van der Waals surface area contributed by atoms with Gasteiger partial charge in [0.25, 0.3) is 0 Å². The molecule has 146 valence electrons. The monoisotopic (exact) mass is 382 g/mol. The quantitative estimate of drug-likeness (QED) is 0.447. The molecule has 4 nitrogen and oxygen atoms in total. The van der Waals surface area contributed by atoms with Gasteiger partial charge in [-0.25, -0.2) is 4.68 Å². The second-order valence-electron chi connectivity index (χ2n) is 7.50. The lowest BCUT2D eigenvalue weighted by Gasteiger charge is -2.23. The molecule has 0 atom stereocenters. The number of benzene rings is 2. The first-order valence-corrected chi connectivity index (χ1v) is 9.95. The third kappa shape index (κ3) is 4.98. The van der Waals surface area contributed by atoms with Gasteiger partial charge >= 0.3 is 0 Å². The van der Waals surface area contributed by atoms with Gasteiger partial charge in [0, 0.05) is 37.7 Å². The highest BCUT2D eigenvalue weighted by Gasteiger charge is 2.10. The standard InChI is InChI=1S/C25H26N4/c1-20-15-21(2)29(27-20)25-10-6-9-24(16-25)19-28(17-22-7-4-3-5-8-22)18-23-11-13-26-14-12-23/h3-16H,17-19H2,1-2H3. The summed E-state index contributed by atoms with van der Waals surface area (Å²) in [7, 11) is 0. The molecule has 0 fully saturated rings. The van der Waals surface area contributed by atoms with E-state index in [9.17, 15) is 0 Å². The fourth-order valence-electron chi connectivity index (χ4n) is 3.69. The number of pyridine rings is 1. The minimum absolute atomic E-state index is 0.865. The molecule has 0 aliphatic heterocycles. The predicted octanol–water partition coefficient (Wildman–Crippen LogP) is 5.09. The van der Waals surface area contributed by atoms with Crippen molar-refractivity contribution in [1.29, 1.82) is 0 Å². The molecule has 0 aliphatic rings. The van der Waals surface area contributed by atoms with Gasteiger partial charge in [0.05, 0.1) is 11.4 Å². The van der Waals surface area contributed by atoms with Gasteiger partial charge in [-0.1, -0.05) is 42.5 Å². The van der Waals surface area contributed by atoms with Gasteiger partial charge in [-0.2, -0.15) is 5.10 Å². The van der Waals surface area contributed by atoms with Crippen LogP contribution in [0.5, 0.6) is 0 Å². The summed E-state index contributed by atoms with van der Waals surface area (Å²) in [6.45, 7) is 6.76. The smallest absolute Gasteiger partial charge is 0.0651 e. The molecule has 0 unspecified atom stereocenters. The molecule has 29 heavy (non-hydrogen) atoms. The number of hydrogen-bond acceptors (Lipinski definition) is 3. The van der Waals surface area contributed by atoms with Crippen LogP contribution in [0.2, 0.25) is 0 Å². The average Bonchev–Trinajstić information content (AvgIpc) is 3.08. The van der Waals surface area contributed by atoms with E-state index in [0.717, 1.165) is 36.7 Å². The molecule has 0 bridgehead atoms. The molecule has 4 aromatic rings. The van der Waals surface area contributed by atoms with Gasteiger partial charge in [0.2, 0.25) is 0 Å². The van der Waals surface area contributed by atoms with E-state index in [1.165, 1.54) is 16.7 Å². The maximum atomic E-state index is 4.63. The number of nitrogens with zero attached hydrogens (tertiary/aromatic N) is 4. The third-order valence-corrected chi connectivity index (χ3v) is 4.98. The summed E-state index contributed by atoms with van der Waals surface area (Å²) in [5.41, 5.74) is 7.16. The van der Waals surface area contributed by atoms with Crippen molar-refractivity contribution in [1.82, 2.24) is 19.7 Å². The molecule has 0 saturated heterocycles. The molecule has 4 rings (SSSR count). The zero-order valence-electron chi connectivity index (χ0n) is 17.0. The van der Waals surface area contributed by atoms with Crippen LogP contribution in [0.3, 0.4) is 0 Å². The van der Waals surface area contributed by atoms with Crippen LogP contribution in [-0.2, 0) is 19.6 Å². The number of hydrogen-bond donors (Lipinski definition) is 0. The zero-order chi connectivity index (χ0) is 20.1. The Kier molecular flexibility index (Phi) is 5.82. The SMILES string of the molecule is Cc1cc(C)n(-c2cccc(CN(Cc3ccccc3)Cc3ccncc3)c2)n1. The molecule has 0 radical (unpaired) electrons. The Hall–Kier alpha value is -3.24. The normalized spacial score (nSPS) is 11.1. The summed E-state index contributed by atoms with van der Waals surface area (Å²) in [6, 6.07) is 25.6. The fraction of sp³-hybridized carbons (Fsp3) is 0.200. The number of rotatable bonds is 7. The van der Waals surface area contributed by atoms with Crippen molar-refractivity contribution in [2.45, 2.75) is 33.5 Å². The van der Waals surface area contributed by atoms with Crippen LogP contribution in [0.1, 0.15) is 28.1 Å². The third-order valence-electron chi connectivity index (χ3n) is 4.98. The highest BCUT2D eigenvalue weighted by molar-refractivity contribution is 5.37. The van der Waals surface area contributed by atoms with E-state index >= 15 is 0 Å². The summed E-state index contributed by atoms with van der Waals surface area (Å²) in [5.74, 6) is 0. The van der Waals surface area contributed by atoms with Crippen LogP contribution < -0.4 is 0 Å². The van der Waals surface area contributed by atoms with Crippen molar-refractivity contribution >= 4 is 0 Å². The zero-order valence-corrected chi connectivity index (χ0v) is 17.0. The fourth-order valence-corrected chi connectivity index (χ4v) is 3.69. The van der Waals surface area contributed by atoms with E-state index in [2.05, 4.69) is 94.7 Å². The lowest BCUT2D eigenvalue weighted by molar-refractivity contribution is 0.247. The van der Waals surface area contributed by atoms with Crippen LogP contribution in [0.15, 0.2) is 85.2 Å². The first-order valence-electron chi connectivity index (χ1n) is 9.95. The Morgan fingerprint density at radius 3 is 2.07 bits per heavy atom. The molecular weight excluding hydrogens is 356 g/mol. The largest absolute Gasteiger partial charge is 0.291 e. The molecule has 0 aliphatic carbocycles. The van der Waals surface area contributed by atoms with Crippen molar-refractivity contribution in [3.05, 3.63) is 113 Å². The van der Waals surface area contributed by atoms with Gasteiger partial charge in [0.15, 0.2) is 0 Å². The lowest BCUT2D eigenvalue weighted by atomic mass is 10.1. The molecule has 4 heteroatoms. The van der Waals surface area contributed by atoms with E-state index in [1.807, 2.05) is 24.0 Å². The Morgan fingerprint density at radius 2 is 1.38 bits per heavy atom. The molecular formula is C25H26N4. The molecule has 0 N–H and O–H groups in total. The summed E-state index contributed by atoms with van der Waals surface area (Å²) >= 11 is 0. The van der Waals surface area contributed by atoms with Crippen molar-refractivity contribution in [3.8, 4) is 5.69 Å². The molecule has 0 spiro atoms. The van der Waals surface area contributed by atoms with Crippen LogP contribution >= 0.6 is 0 Å². The summed E-state index contributed by atoms with van der Waals surface area (Å²) < 4.78 is 2.02. The van der Waals surface area contributed by atoms with Gasteiger partial charge in [-0.05, 0) is 60.9 Å². The second-order valence-corrected chi connectivity index (χ2v) is 7.50. The van der Waals surface area contributed by atoms with Crippen molar-refractivity contribution in [2.75, 3.05) is 0 Å². The van der Waals surface area contributed by atoms with E-state index in [0.29, 0.717) is 0 Å². The van der Waals surface area contributed by atoms with Crippen LogP contribution in [0.25, 0.3) is 5.69 Å². The van der Waals surface area contributed by atoms with Crippen molar-refractivity contribution in [3.63, 3.8) is 0 Å². The minimum atomic E-state index is 0.865. The van der Waals surface area contributed by atoms with E-state index in [4.69, 9.17) is 0 Å². The van der Waals surface area contributed by atoms with Gasteiger partial charge < -0.3 is 0 Å². The maximum absolute atomic E-state index is 4.63. The predicted molar refractivity (Wildman–Crippen MR) is 117 cm³/mol. The summed E-state index contributed by atoms with van der Waals surface area (Å²) in [6.07, 6.45) is 3.72. The Labute approximate surface area is 172 Å². The van der Waals surface area contributed by atoms with Gasteiger partial charge in [-0.3, -0.25) is 9.88 Å². The Morgan fingerprint density at radius 1 is 0.724 bits per heavy atom. The van der Waals surface area contributed by atoms with E-state index in [-0.39, 0.29) is 0 Å². The molecule has 0 saturated carbocycles. The lowest BCUT2D eigenvalue weighted by Crippen LogP contribution is -2.22. The highest BCUT2D eigenvalue weighted by Crippen LogP contribution is 2.18. The molecule has 0 amide bonds. The van der Waals surface area contributed by atoms with Gasteiger partial charge in [0.1, 0.15) is 0 Å². The number of aromatic nitrogens is 3. The molecule has 2 aromatic carbocycles. The van der Waals surface area contributed by atoms with Crippen LogP contribution in [0, 0.1) is 13.8 Å². The topological polar surface area (TPSA) is 34.0 Å². The summed E-state index contributed by atoms with van der Waals surface area (Å²) in [5, 5.41) is 4.63. The van der Waals surface area contributed by atoms with Crippen molar-refractivity contribution < 1.29 is 0 Å². The maximum Gasteiger partial charge on any atom is 0.0651 e. The van der Waals surface area contributed by atoms with E-state index < -0.39 is 0 Å². The van der Waals surface area contributed by atoms with E-state index in [1.54, 1.807) is 0 Å². The molecule has 2 aromatic heterocycles. The summed E-state index contributed by atoms with van der Waals surface area (Å²) in [4.78, 5) is 6.61. The van der Waals surface area contributed by atoms with Crippen LogP contribution in [0.4, 0.5) is 0 Å². The first kappa shape index (κ1) is 19.1. The number of aryl methyl sites for hydroxylation is 2. The molecule has 2 heterocycles.